The molecular formula is C14H12FNO3. The summed E-state index contributed by atoms with van der Waals surface area (Å²) in [6.45, 7) is 2.02. The summed E-state index contributed by atoms with van der Waals surface area (Å²) in [5.41, 5.74) is 0.843. The average Bonchev–Trinajstić information content (AvgIpc) is 2.34. The van der Waals surface area contributed by atoms with Crippen LogP contribution in [0.3, 0.4) is 0 Å². The molecular weight excluding hydrogens is 249 g/mol. The normalized spacial score (nSPS) is 10.4. The van der Waals surface area contributed by atoms with Gasteiger partial charge < -0.3 is 9.67 Å². The number of benzene rings is 1. The van der Waals surface area contributed by atoms with E-state index in [2.05, 4.69) is 0 Å². The van der Waals surface area contributed by atoms with Gasteiger partial charge in [0.05, 0.1) is 12.1 Å². The smallest absolute Gasteiger partial charge is 0.338 e. The molecule has 0 aliphatic heterocycles. The molecule has 0 saturated carbocycles. The summed E-state index contributed by atoms with van der Waals surface area (Å²) in [5, 5.41) is 8.84. The van der Waals surface area contributed by atoms with Crippen LogP contribution >= 0.6 is 0 Å². The first-order valence-electron chi connectivity index (χ1n) is 5.66. The summed E-state index contributed by atoms with van der Waals surface area (Å²) < 4.78 is 14.7. The summed E-state index contributed by atoms with van der Waals surface area (Å²) in [6.07, 6.45) is 1.63. The van der Waals surface area contributed by atoms with Gasteiger partial charge in [0.1, 0.15) is 5.82 Å². The Kier molecular flexibility index (Phi) is 3.46. The molecule has 0 amide bonds. The second kappa shape index (κ2) is 5.06. The zero-order chi connectivity index (χ0) is 14.0. The fraction of sp³-hybridized carbons (Fsp3) is 0.143. The highest BCUT2D eigenvalue weighted by Crippen LogP contribution is 2.11. The Balaban J connectivity index is 2.36. The molecule has 1 aromatic heterocycles. The number of aromatic nitrogens is 1. The first-order valence-corrected chi connectivity index (χ1v) is 5.66. The van der Waals surface area contributed by atoms with Gasteiger partial charge in [-0.1, -0.05) is 6.07 Å². The van der Waals surface area contributed by atoms with Crippen LogP contribution in [0.2, 0.25) is 0 Å². The lowest BCUT2D eigenvalue weighted by molar-refractivity contribution is 0.0691. The standard InChI is InChI=1S/C14H12FNO3/c1-9-4-5-16(13(17)6-9)8-10-2-3-12(15)11(7-10)14(18)19/h2-7H,8H2,1H3,(H,18,19). The van der Waals surface area contributed by atoms with E-state index in [1.54, 1.807) is 12.3 Å². The average molecular weight is 261 g/mol. The predicted molar refractivity (Wildman–Crippen MR) is 67.9 cm³/mol. The Morgan fingerprint density at radius 2 is 2.05 bits per heavy atom. The number of halogens is 1. The zero-order valence-corrected chi connectivity index (χ0v) is 10.3. The number of aryl methyl sites for hydroxylation is 1. The molecule has 5 heteroatoms. The van der Waals surface area contributed by atoms with Crippen molar-refractivity contribution in [3.05, 3.63) is 69.4 Å². The number of hydrogen-bond acceptors (Lipinski definition) is 2. The third kappa shape index (κ3) is 2.88. The van der Waals surface area contributed by atoms with Crippen molar-refractivity contribution in [2.24, 2.45) is 0 Å². The molecule has 0 atom stereocenters. The minimum Gasteiger partial charge on any atom is -0.478 e. The highest BCUT2D eigenvalue weighted by atomic mass is 19.1. The summed E-state index contributed by atoms with van der Waals surface area (Å²) in [7, 11) is 0. The molecule has 0 radical (unpaired) electrons. The van der Waals surface area contributed by atoms with Crippen LogP contribution in [0.4, 0.5) is 4.39 Å². The minimum atomic E-state index is -1.32. The maximum atomic E-state index is 13.2. The Hall–Kier alpha value is -2.43. The van der Waals surface area contributed by atoms with E-state index in [4.69, 9.17) is 5.11 Å². The van der Waals surface area contributed by atoms with Gasteiger partial charge in [-0.15, -0.1) is 0 Å². The molecule has 0 aliphatic rings. The fourth-order valence-corrected chi connectivity index (χ4v) is 1.77. The van der Waals surface area contributed by atoms with Crippen LogP contribution in [0.25, 0.3) is 0 Å². The molecule has 0 aliphatic carbocycles. The number of rotatable bonds is 3. The number of carbonyl (C=O) groups is 1. The number of carboxylic acids is 1. The SMILES string of the molecule is Cc1ccn(Cc2ccc(F)c(C(=O)O)c2)c(=O)c1. The van der Waals surface area contributed by atoms with Gasteiger partial charge in [0.2, 0.25) is 0 Å². The van der Waals surface area contributed by atoms with Crippen LogP contribution in [0.5, 0.6) is 0 Å². The van der Waals surface area contributed by atoms with Crippen molar-refractivity contribution in [2.75, 3.05) is 0 Å². The Morgan fingerprint density at radius 1 is 1.32 bits per heavy atom. The van der Waals surface area contributed by atoms with Gasteiger partial charge in [0.25, 0.3) is 5.56 Å². The van der Waals surface area contributed by atoms with E-state index in [1.165, 1.54) is 22.8 Å². The largest absolute Gasteiger partial charge is 0.478 e. The molecule has 0 saturated heterocycles. The number of aromatic carboxylic acids is 1. The minimum absolute atomic E-state index is 0.179. The molecule has 2 rings (SSSR count). The first kappa shape index (κ1) is 13.0. The van der Waals surface area contributed by atoms with Gasteiger partial charge in [-0.3, -0.25) is 4.79 Å². The maximum absolute atomic E-state index is 13.2. The van der Waals surface area contributed by atoms with Gasteiger partial charge in [-0.25, -0.2) is 9.18 Å². The van der Waals surface area contributed by atoms with Crippen molar-refractivity contribution in [3.63, 3.8) is 0 Å². The highest BCUT2D eigenvalue weighted by Gasteiger charge is 2.11. The van der Waals surface area contributed by atoms with Crippen molar-refractivity contribution in [3.8, 4) is 0 Å². The molecule has 98 valence electrons. The summed E-state index contributed by atoms with van der Waals surface area (Å²) in [4.78, 5) is 22.5. The topological polar surface area (TPSA) is 59.3 Å². The summed E-state index contributed by atoms with van der Waals surface area (Å²) in [5.74, 6) is -2.11. The Bertz CT molecular complexity index is 691. The van der Waals surface area contributed by atoms with E-state index < -0.39 is 17.3 Å². The van der Waals surface area contributed by atoms with E-state index in [-0.39, 0.29) is 12.1 Å². The van der Waals surface area contributed by atoms with Crippen LogP contribution in [0.15, 0.2) is 41.3 Å². The van der Waals surface area contributed by atoms with E-state index >= 15 is 0 Å². The summed E-state index contributed by atoms with van der Waals surface area (Å²) in [6, 6.07) is 7.07. The van der Waals surface area contributed by atoms with Crippen LogP contribution in [0.1, 0.15) is 21.5 Å². The predicted octanol–water partition coefficient (Wildman–Crippen LogP) is 2.04. The van der Waals surface area contributed by atoms with Crippen molar-refractivity contribution >= 4 is 5.97 Å². The molecule has 0 spiro atoms. The maximum Gasteiger partial charge on any atom is 0.338 e. The van der Waals surface area contributed by atoms with Crippen molar-refractivity contribution < 1.29 is 14.3 Å². The van der Waals surface area contributed by atoms with Crippen molar-refractivity contribution in [2.45, 2.75) is 13.5 Å². The number of carboxylic acid groups (broad SMARTS) is 1. The molecule has 19 heavy (non-hydrogen) atoms. The van der Waals surface area contributed by atoms with Crippen LogP contribution in [-0.4, -0.2) is 15.6 Å². The van der Waals surface area contributed by atoms with Gasteiger partial charge >= 0.3 is 5.97 Å². The fourth-order valence-electron chi connectivity index (χ4n) is 1.77. The molecule has 1 N–H and O–H groups in total. The Labute approximate surface area is 108 Å². The number of pyridine rings is 1. The van der Waals surface area contributed by atoms with Crippen molar-refractivity contribution in [1.82, 2.24) is 4.57 Å². The monoisotopic (exact) mass is 261 g/mol. The van der Waals surface area contributed by atoms with Crippen LogP contribution in [-0.2, 0) is 6.54 Å². The second-order valence-corrected chi connectivity index (χ2v) is 4.29. The lowest BCUT2D eigenvalue weighted by atomic mass is 10.1. The molecule has 0 unspecified atom stereocenters. The van der Waals surface area contributed by atoms with E-state index in [9.17, 15) is 14.0 Å². The third-order valence-corrected chi connectivity index (χ3v) is 2.77. The molecule has 4 nitrogen and oxygen atoms in total. The van der Waals surface area contributed by atoms with E-state index in [1.807, 2.05) is 6.92 Å². The molecule has 2 aromatic rings. The molecule has 0 bridgehead atoms. The van der Waals surface area contributed by atoms with E-state index in [0.717, 1.165) is 11.6 Å². The van der Waals surface area contributed by atoms with Gasteiger partial charge in [0, 0.05) is 12.3 Å². The van der Waals surface area contributed by atoms with Gasteiger partial charge in [0.15, 0.2) is 0 Å². The number of nitrogens with zero attached hydrogens (tertiary/aromatic N) is 1. The molecule has 1 heterocycles. The number of hydrogen-bond donors (Lipinski definition) is 1. The second-order valence-electron chi connectivity index (χ2n) is 4.29. The molecule has 1 aromatic carbocycles. The third-order valence-electron chi connectivity index (χ3n) is 2.77. The highest BCUT2D eigenvalue weighted by molar-refractivity contribution is 5.88. The van der Waals surface area contributed by atoms with Crippen LogP contribution < -0.4 is 5.56 Å². The quantitative estimate of drug-likeness (QED) is 0.919. The lowest BCUT2D eigenvalue weighted by Crippen LogP contribution is -2.19. The van der Waals surface area contributed by atoms with E-state index in [0.29, 0.717) is 5.56 Å². The lowest BCUT2D eigenvalue weighted by Gasteiger charge is -2.07. The van der Waals surface area contributed by atoms with Crippen LogP contribution in [0, 0.1) is 12.7 Å². The molecule has 0 fully saturated rings. The first-order chi connectivity index (χ1) is 8.97. The summed E-state index contributed by atoms with van der Waals surface area (Å²) >= 11 is 0. The van der Waals surface area contributed by atoms with Gasteiger partial charge in [-0.2, -0.15) is 0 Å². The zero-order valence-electron chi connectivity index (χ0n) is 10.3. The van der Waals surface area contributed by atoms with Crippen molar-refractivity contribution in [1.29, 1.82) is 0 Å². The Morgan fingerprint density at radius 3 is 2.68 bits per heavy atom. The van der Waals surface area contributed by atoms with Gasteiger partial charge in [-0.05, 0) is 36.2 Å².